The van der Waals surface area contributed by atoms with Crippen LogP contribution in [0.4, 0.5) is 5.82 Å². The number of halogens is 2. The highest BCUT2D eigenvalue weighted by Gasteiger charge is 2.45. The van der Waals surface area contributed by atoms with Crippen molar-refractivity contribution in [3.63, 3.8) is 0 Å². The molecule has 0 aromatic carbocycles. The Kier molecular flexibility index (Phi) is 5.38. The quantitative estimate of drug-likeness (QED) is 0.489. The summed E-state index contributed by atoms with van der Waals surface area (Å²) in [6, 6.07) is 0. The van der Waals surface area contributed by atoms with Crippen LogP contribution in [-0.4, -0.2) is 44.7 Å². The second-order valence-electron chi connectivity index (χ2n) is 4.63. The van der Waals surface area contributed by atoms with E-state index in [4.69, 9.17) is 39.4 Å². The van der Waals surface area contributed by atoms with Crippen LogP contribution in [0.5, 0.6) is 0 Å². The van der Waals surface area contributed by atoms with Gasteiger partial charge >= 0.3 is 11.8 Å². The molecule has 2 rings (SSSR count). The van der Waals surface area contributed by atoms with Gasteiger partial charge in [-0.1, -0.05) is 5.92 Å². The normalized spacial score (nSPS) is 27.8. The Bertz CT molecular complexity index is 744. The Morgan fingerprint density at radius 2 is 2.17 bits per heavy atom. The predicted molar refractivity (Wildman–Crippen MR) is 82.0 cm³/mol. The average molecular weight is 384 g/mol. The number of rotatable bonds is 4. The van der Waals surface area contributed by atoms with Crippen molar-refractivity contribution in [2.45, 2.75) is 24.5 Å². The van der Waals surface area contributed by atoms with Crippen LogP contribution in [0.2, 0.25) is 0 Å². The van der Waals surface area contributed by atoms with Crippen LogP contribution in [0.25, 0.3) is 0 Å². The minimum atomic E-state index is -3.84. The number of nitrogens with two attached hydrogens (primary N) is 1. The van der Waals surface area contributed by atoms with Gasteiger partial charge in [0.2, 0.25) is 0 Å². The van der Waals surface area contributed by atoms with Gasteiger partial charge in [-0.2, -0.15) is 4.98 Å². The van der Waals surface area contributed by atoms with Crippen molar-refractivity contribution in [1.82, 2.24) is 9.55 Å². The van der Waals surface area contributed by atoms with E-state index in [2.05, 4.69) is 15.4 Å². The first-order valence-corrected chi connectivity index (χ1v) is 9.58. The van der Waals surface area contributed by atoms with E-state index in [-0.39, 0.29) is 11.4 Å². The number of aliphatic hydroxyl groups excluding tert-OH is 2. The maximum atomic E-state index is 11.9. The number of hydrogen-bond donors (Lipinski definition) is 3. The topological polar surface area (TPSA) is 137 Å². The molecule has 1 fully saturated rings. The highest BCUT2D eigenvalue weighted by Crippen LogP contribution is 2.57. The molecule has 0 aliphatic carbocycles. The standard InChI is InChI=1S/C11H12Cl2N3O6P/c1-2-5-3-16(11(19)15-9(5)14)10-8(18)7(17)6(22-10)4-21-23(12,13)20/h1,3,6-8,10,17-18H,4H2,(H2,14,15,19)/t6-,7?,8+,10-/m1/s1. The van der Waals surface area contributed by atoms with Crippen molar-refractivity contribution in [2.75, 3.05) is 12.3 Å². The van der Waals surface area contributed by atoms with E-state index in [1.165, 1.54) is 6.20 Å². The van der Waals surface area contributed by atoms with Crippen LogP contribution < -0.4 is 11.4 Å². The maximum absolute atomic E-state index is 11.9. The van der Waals surface area contributed by atoms with Crippen molar-refractivity contribution in [2.24, 2.45) is 0 Å². The summed E-state index contributed by atoms with van der Waals surface area (Å²) >= 11 is 10.5. The fraction of sp³-hybridized carbons (Fsp3) is 0.455. The van der Waals surface area contributed by atoms with Crippen molar-refractivity contribution in [3.05, 3.63) is 22.2 Å². The van der Waals surface area contributed by atoms with Gasteiger partial charge in [-0.05, 0) is 22.5 Å². The zero-order valence-electron chi connectivity index (χ0n) is 11.4. The lowest BCUT2D eigenvalue weighted by molar-refractivity contribution is -0.0506. The summed E-state index contributed by atoms with van der Waals surface area (Å²) in [6.45, 7) is -0.460. The zero-order chi connectivity index (χ0) is 17.4. The lowest BCUT2D eigenvalue weighted by Gasteiger charge is -2.17. The number of ether oxygens (including phenoxy) is 1. The van der Waals surface area contributed by atoms with E-state index in [0.717, 1.165) is 4.57 Å². The summed E-state index contributed by atoms with van der Waals surface area (Å²) in [6.07, 6.45) is -2.80. The molecule has 4 atom stereocenters. The van der Waals surface area contributed by atoms with Gasteiger partial charge < -0.3 is 25.2 Å². The molecule has 0 saturated carbocycles. The largest absolute Gasteiger partial charge is 0.387 e. The first-order chi connectivity index (χ1) is 10.6. The Balaban J connectivity index is 2.26. The van der Waals surface area contributed by atoms with E-state index >= 15 is 0 Å². The highest BCUT2D eigenvalue weighted by molar-refractivity contribution is 8.05. The number of terminal acetylenes is 1. The second-order valence-corrected chi connectivity index (χ2v) is 8.91. The summed E-state index contributed by atoms with van der Waals surface area (Å²) in [5.74, 6) is 2.08. The SMILES string of the molecule is C#Cc1cn([C@@H]2O[C@H](COP(=O)(Cl)Cl)C(O)[C@@H]2O)c(=O)nc1N. The van der Waals surface area contributed by atoms with Crippen LogP contribution in [0.15, 0.2) is 11.0 Å². The summed E-state index contributed by atoms with van der Waals surface area (Å²) < 4.78 is 22.0. The minimum Gasteiger partial charge on any atom is -0.387 e. The predicted octanol–water partition coefficient (Wildman–Crippen LogP) is 0.0283. The van der Waals surface area contributed by atoms with Crippen molar-refractivity contribution >= 4 is 34.4 Å². The van der Waals surface area contributed by atoms with Gasteiger partial charge in [0.1, 0.15) is 24.1 Å². The number of anilines is 1. The van der Waals surface area contributed by atoms with Crippen molar-refractivity contribution in [1.29, 1.82) is 0 Å². The smallest absolute Gasteiger partial charge is 0.380 e. The molecule has 0 amide bonds. The van der Waals surface area contributed by atoms with Gasteiger partial charge in [-0.25, -0.2) is 4.79 Å². The molecule has 0 radical (unpaired) electrons. The Morgan fingerprint density at radius 3 is 2.74 bits per heavy atom. The molecule has 0 bridgehead atoms. The third-order valence-corrected chi connectivity index (χ3v) is 4.17. The van der Waals surface area contributed by atoms with E-state index in [1.807, 2.05) is 0 Å². The average Bonchev–Trinajstić information content (AvgIpc) is 2.73. The monoisotopic (exact) mass is 383 g/mol. The maximum Gasteiger partial charge on any atom is 0.380 e. The molecule has 12 heteroatoms. The molecule has 23 heavy (non-hydrogen) atoms. The highest BCUT2D eigenvalue weighted by atomic mass is 35.9. The first-order valence-electron chi connectivity index (χ1n) is 6.15. The third-order valence-electron chi connectivity index (χ3n) is 3.14. The molecule has 4 N–H and O–H groups in total. The van der Waals surface area contributed by atoms with E-state index in [0.29, 0.717) is 0 Å². The second kappa shape index (κ2) is 6.79. The molecular weight excluding hydrogens is 372 g/mol. The summed E-state index contributed by atoms with van der Waals surface area (Å²) in [5.41, 5.74) is 4.76. The molecule has 9 nitrogen and oxygen atoms in total. The molecule has 2 heterocycles. The molecule has 0 spiro atoms. The van der Waals surface area contributed by atoms with Gasteiger partial charge in [0.05, 0.1) is 12.2 Å². The Morgan fingerprint density at radius 1 is 1.52 bits per heavy atom. The molecule has 126 valence electrons. The van der Waals surface area contributed by atoms with Crippen LogP contribution in [0.1, 0.15) is 11.8 Å². The molecular formula is C11H12Cl2N3O6P. The molecule has 1 unspecified atom stereocenters. The van der Waals surface area contributed by atoms with Crippen molar-refractivity contribution in [3.8, 4) is 12.3 Å². The number of aromatic nitrogens is 2. The van der Waals surface area contributed by atoms with Gasteiger partial charge in [-0.3, -0.25) is 9.13 Å². The number of aliphatic hydroxyl groups is 2. The minimum absolute atomic E-state index is 0.112. The fourth-order valence-corrected chi connectivity index (χ4v) is 2.69. The number of hydrogen-bond acceptors (Lipinski definition) is 8. The van der Waals surface area contributed by atoms with Gasteiger partial charge in [0.15, 0.2) is 6.23 Å². The summed E-state index contributed by atoms with van der Waals surface area (Å²) in [5, 5.41) is 20.0. The Labute approximate surface area is 140 Å². The van der Waals surface area contributed by atoms with E-state index in [1.54, 1.807) is 0 Å². The van der Waals surface area contributed by atoms with Crippen LogP contribution in [0, 0.1) is 12.3 Å². The van der Waals surface area contributed by atoms with Crippen LogP contribution in [0.3, 0.4) is 0 Å². The lowest BCUT2D eigenvalue weighted by Crippen LogP contribution is -2.36. The van der Waals surface area contributed by atoms with Crippen LogP contribution in [-0.2, 0) is 13.8 Å². The first kappa shape index (κ1) is 18.2. The van der Waals surface area contributed by atoms with E-state index in [9.17, 15) is 19.6 Å². The molecule has 1 aliphatic heterocycles. The Hall–Kier alpha value is -1.11. The van der Waals surface area contributed by atoms with Gasteiger partial charge in [0.25, 0.3) is 0 Å². The lowest BCUT2D eigenvalue weighted by atomic mass is 10.1. The molecule has 1 saturated heterocycles. The fourth-order valence-electron chi connectivity index (χ4n) is 2.03. The molecule has 1 aliphatic rings. The van der Waals surface area contributed by atoms with Gasteiger partial charge in [-0.15, -0.1) is 6.42 Å². The van der Waals surface area contributed by atoms with Gasteiger partial charge in [0, 0.05) is 6.20 Å². The van der Waals surface area contributed by atoms with Crippen molar-refractivity contribution < 1.29 is 24.0 Å². The number of nitrogens with zero attached hydrogens (tertiary/aromatic N) is 2. The molecule has 1 aromatic rings. The van der Waals surface area contributed by atoms with Crippen LogP contribution >= 0.6 is 28.6 Å². The molecule has 1 aromatic heterocycles. The summed E-state index contributed by atoms with van der Waals surface area (Å²) in [7, 11) is 0. The summed E-state index contributed by atoms with van der Waals surface area (Å²) in [4.78, 5) is 15.4. The third kappa shape index (κ3) is 4.05. The van der Waals surface area contributed by atoms with E-state index < -0.39 is 42.9 Å². The number of nitrogen functional groups attached to an aromatic ring is 1. The zero-order valence-corrected chi connectivity index (χ0v) is 13.8.